The number of nitrogens with zero attached hydrogens (tertiary/aromatic N) is 1. The van der Waals surface area contributed by atoms with Crippen molar-refractivity contribution in [1.82, 2.24) is 4.90 Å². The number of rotatable bonds is 4. The molecule has 3 heteroatoms. The van der Waals surface area contributed by atoms with Gasteiger partial charge in [-0.2, -0.15) is 0 Å². The Kier molecular flexibility index (Phi) is 4.55. The van der Waals surface area contributed by atoms with E-state index in [1.54, 1.807) is 0 Å². The average Bonchev–Trinajstić information content (AvgIpc) is 2.26. The Morgan fingerprint density at radius 1 is 1.57 bits per heavy atom. The molecule has 0 N–H and O–H groups in total. The summed E-state index contributed by atoms with van der Waals surface area (Å²) in [5, 5.41) is 0. The minimum absolute atomic E-state index is 0.0637. The molecule has 0 aromatic rings. The molecular formula is C11H21NO2. The number of ketones is 1. The van der Waals surface area contributed by atoms with E-state index in [1.807, 2.05) is 13.8 Å². The molecule has 1 fully saturated rings. The number of ether oxygens (including phenoxy) is 1. The first-order valence-electron chi connectivity index (χ1n) is 5.56. The van der Waals surface area contributed by atoms with Gasteiger partial charge in [0.25, 0.3) is 0 Å². The van der Waals surface area contributed by atoms with Gasteiger partial charge in [0.15, 0.2) is 0 Å². The van der Waals surface area contributed by atoms with Crippen molar-refractivity contribution < 1.29 is 9.53 Å². The predicted molar refractivity (Wildman–Crippen MR) is 56.4 cm³/mol. The molecule has 0 radical (unpaired) electrons. The molecule has 2 unspecified atom stereocenters. The molecule has 3 nitrogen and oxygen atoms in total. The van der Waals surface area contributed by atoms with Crippen LogP contribution in [-0.4, -0.2) is 42.5 Å². The largest absolute Gasteiger partial charge is 0.378 e. The number of morpholine rings is 1. The van der Waals surface area contributed by atoms with Gasteiger partial charge in [0.05, 0.1) is 19.3 Å². The van der Waals surface area contributed by atoms with Crippen LogP contribution in [0.3, 0.4) is 0 Å². The van der Waals surface area contributed by atoms with Gasteiger partial charge in [-0.1, -0.05) is 13.8 Å². The number of carbonyl (C=O) groups is 1. The van der Waals surface area contributed by atoms with Crippen molar-refractivity contribution in [2.75, 3.05) is 19.8 Å². The fraction of sp³-hybridized carbons (Fsp3) is 0.909. The van der Waals surface area contributed by atoms with Crippen molar-refractivity contribution in [3.05, 3.63) is 0 Å². The summed E-state index contributed by atoms with van der Waals surface area (Å²) in [6, 6.07) is 0.489. The molecule has 0 amide bonds. The second-order valence-electron chi connectivity index (χ2n) is 3.87. The van der Waals surface area contributed by atoms with E-state index in [4.69, 9.17) is 4.74 Å². The maximum absolute atomic E-state index is 11.6. The van der Waals surface area contributed by atoms with Crippen molar-refractivity contribution in [3.8, 4) is 0 Å². The summed E-state index contributed by atoms with van der Waals surface area (Å²) in [5.41, 5.74) is 0. The Labute approximate surface area is 86.4 Å². The van der Waals surface area contributed by atoms with E-state index in [9.17, 15) is 4.79 Å². The van der Waals surface area contributed by atoms with Gasteiger partial charge in [-0.25, -0.2) is 0 Å². The lowest BCUT2D eigenvalue weighted by atomic mass is 10.1. The van der Waals surface area contributed by atoms with Gasteiger partial charge in [0.2, 0.25) is 0 Å². The van der Waals surface area contributed by atoms with Crippen LogP contribution in [0.15, 0.2) is 0 Å². The Hall–Kier alpha value is -0.410. The number of Topliss-reactive ketones (excluding diaryl/α,β-unsaturated/α-hetero) is 1. The van der Waals surface area contributed by atoms with Crippen LogP contribution < -0.4 is 0 Å². The molecule has 0 bridgehead atoms. The van der Waals surface area contributed by atoms with Crippen LogP contribution in [-0.2, 0) is 9.53 Å². The number of hydrogen-bond donors (Lipinski definition) is 0. The van der Waals surface area contributed by atoms with Gasteiger partial charge in [-0.05, 0) is 13.3 Å². The Morgan fingerprint density at radius 2 is 2.29 bits per heavy atom. The van der Waals surface area contributed by atoms with Crippen molar-refractivity contribution in [2.45, 2.75) is 45.7 Å². The molecule has 1 aliphatic heterocycles. The normalized spacial score (nSPS) is 26.1. The third kappa shape index (κ3) is 2.55. The first-order chi connectivity index (χ1) is 6.70. The molecule has 82 valence electrons. The zero-order valence-electron chi connectivity index (χ0n) is 9.45. The fourth-order valence-corrected chi connectivity index (χ4v) is 2.01. The summed E-state index contributed by atoms with van der Waals surface area (Å²) in [7, 11) is 0. The maximum Gasteiger partial charge on any atom is 0.149 e. The highest BCUT2D eigenvalue weighted by Crippen LogP contribution is 2.15. The fourth-order valence-electron chi connectivity index (χ4n) is 2.01. The van der Waals surface area contributed by atoms with Crippen molar-refractivity contribution in [1.29, 1.82) is 0 Å². The second-order valence-corrected chi connectivity index (χ2v) is 3.87. The van der Waals surface area contributed by atoms with E-state index in [1.165, 1.54) is 0 Å². The molecule has 0 aromatic heterocycles. The SMILES string of the molecule is CCC(=O)C(C)N1CCOCC1CC. The number of carbonyl (C=O) groups excluding carboxylic acids is 1. The second kappa shape index (κ2) is 5.47. The minimum atomic E-state index is 0.0637. The van der Waals surface area contributed by atoms with Gasteiger partial charge >= 0.3 is 0 Å². The summed E-state index contributed by atoms with van der Waals surface area (Å²) in [6.45, 7) is 8.52. The van der Waals surface area contributed by atoms with Gasteiger partial charge in [0.1, 0.15) is 5.78 Å². The van der Waals surface area contributed by atoms with Crippen LogP contribution in [0.1, 0.15) is 33.6 Å². The zero-order valence-corrected chi connectivity index (χ0v) is 9.45. The monoisotopic (exact) mass is 199 g/mol. The summed E-state index contributed by atoms with van der Waals surface area (Å²) >= 11 is 0. The van der Waals surface area contributed by atoms with Crippen LogP contribution in [0.5, 0.6) is 0 Å². The molecule has 1 rings (SSSR count). The highest BCUT2D eigenvalue weighted by molar-refractivity contribution is 5.83. The van der Waals surface area contributed by atoms with E-state index in [2.05, 4.69) is 11.8 Å². The quantitative estimate of drug-likeness (QED) is 0.686. The first-order valence-corrected chi connectivity index (χ1v) is 5.56. The first kappa shape index (κ1) is 11.7. The summed E-state index contributed by atoms with van der Waals surface area (Å²) in [6.07, 6.45) is 1.69. The Morgan fingerprint density at radius 3 is 2.86 bits per heavy atom. The molecule has 0 saturated carbocycles. The van der Waals surface area contributed by atoms with Crippen molar-refractivity contribution in [3.63, 3.8) is 0 Å². The third-order valence-electron chi connectivity index (χ3n) is 3.06. The van der Waals surface area contributed by atoms with Crippen LogP contribution in [0, 0.1) is 0 Å². The lowest BCUT2D eigenvalue weighted by Gasteiger charge is -2.38. The molecule has 1 aliphatic rings. The van der Waals surface area contributed by atoms with Crippen molar-refractivity contribution in [2.24, 2.45) is 0 Å². The molecule has 0 spiro atoms. The highest BCUT2D eigenvalue weighted by Gasteiger charge is 2.28. The molecule has 2 atom stereocenters. The van der Waals surface area contributed by atoms with Crippen LogP contribution in [0.25, 0.3) is 0 Å². The molecule has 1 heterocycles. The molecule has 0 aromatic carbocycles. The van der Waals surface area contributed by atoms with Gasteiger partial charge in [-0.3, -0.25) is 9.69 Å². The summed E-state index contributed by atoms with van der Waals surface area (Å²) in [5.74, 6) is 0.338. The zero-order chi connectivity index (χ0) is 10.6. The molecular weight excluding hydrogens is 178 g/mol. The topological polar surface area (TPSA) is 29.5 Å². The van der Waals surface area contributed by atoms with Crippen LogP contribution >= 0.6 is 0 Å². The lowest BCUT2D eigenvalue weighted by Crippen LogP contribution is -2.52. The van der Waals surface area contributed by atoms with E-state index in [-0.39, 0.29) is 6.04 Å². The maximum atomic E-state index is 11.6. The molecule has 14 heavy (non-hydrogen) atoms. The molecule has 1 saturated heterocycles. The Balaban J connectivity index is 2.58. The van der Waals surface area contributed by atoms with Crippen LogP contribution in [0.2, 0.25) is 0 Å². The van der Waals surface area contributed by atoms with E-state index in [0.717, 1.165) is 26.2 Å². The average molecular weight is 199 g/mol. The number of hydrogen-bond acceptors (Lipinski definition) is 3. The Bertz CT molecular complexity index is 194. The van der Waals surface area contributed by atoms with Gasteiger partial charge < -0.3 is 4.74 Å². The molecule has 0 aliphatic carbocycles. The van der Waals surface area contributed by atoms with E-state index >= 15 is 0 Å². The predicted octanol–water partition coefficient (Wildman–Crippen LogP) is 1.46. The summed E-state index contributed by atoms with van der Waals surface area (Å²) in [4.78, 5) is 13.9. The lowest BCUT2D eigenvalue weighted by molar-refractivity contribution is -0.127. The van der Waals surface area contributed by atoms with E-state index < -0.39 is 0 Å². The smallest absolute Gasteiger partial charge is 0.149 e. The minimum Gasteiger partial charge on any atom is -0.378 e. The van der Waals surface area contributed by atoms with Gasteiger partial charge in [0, 0.05) is 19.0 Å². The third-order valence-corrected chi connectivity index (χ3v) is 3.06. The van der Waals surface area contributed by atoms with E-state index in [0.29, 0.717) is 18.2 Å². The van der Waals surface area contributed by atoms with Crippen LogP contribution in [0.4, 0.5) is 0 Å². The standard InChI is InChI=1S/C11H21NO2/c1-4-10-8-14-7-6-12(10)9(3)11(13)5-2/h9-10H,4-8H2,1-3H3. The van der Waals surface area contributed by atoms with Gasteiger partial charge in [-0.15, -0.1) is 0 Å². The summed E-state index contributed by atoms with van der Waals surface area (Å²) < 4.78 is 5.41. The van der Waals surface area contributed by atoms with Crippen molar-refractivity contribution >= 4 is 5.78 Å². The highest BCUT2D eigenvalue weighted by atomic mass is 16.5.